The van der Waals surface area contributed by atoms with Gasteiger partial charge in [0.15, 0.2) is 0 Å². The van der Waals surface area contributed by atoms with Crippen molar-refractivity contribution in [2.75, 3.05) is 11.9 Å². The predicted octanol–water partition coefficient (Wildman–Crippen LogP) is 4.53. The number of nitrogens with zero attached hydrogens (tertiary/aromatic N) is 3. The Labute approximate surface area is 196 Å². The second kappa shape index (κ2) is 9.26. The maximum atomic E-state index is 13.3. The number of aryl methyl sites for hydroxylation is 2. The van der Waals surface area contributed by atoms with Gasteiger partial charge in [-0.15, -0.1) is 0 Å². The van der Waals surface area contributed by atoms with Crippen LogP contribution in [-0.2, 0) is 11.3 Å². The van der Waals surface area contributed by atoms with E-state index in [1.165, 1.54) is 16.2 Å². The molecule has 0 atom stereocenters. The van der Waals surface area contributed by atoms with Crippen molar-refractivity contribution in [2.45, 2.75) is 33.7 Å². The van der Waals surface area contributed by atoms with Crippen molar-refractivity contribution in [3.63, 3.8) is 0 Å². The first-order chi connectivity index (χ1) is 15.4. The first-order valence-corrected chi connectivity index (χ1v) is 11.7. The van der Waals surface area contributed by atoms with Crippen LogP contribution in [-0.4, -0.2) is 31.1 Å². The highest BCUT2D eigenvalue weighted by Gasteiger charge is 2.32. The highest BCUT2D eigenvalue weighted by Crippen LogP contribution is 2.34. The Hall–Kier alpha value is -2.97. The molecule has 0 aliphatic carbocycles. The summed E-state index contributed by atoms with van der Waals surface area (Å²) in [4.78, 5) is 33.1. The van der Waals surface area contributed by atoms with Gasteiger partial charge in [0.1, 0.15) is 15.8 Å². The molecule has 0 spiro atoms. The molecule has 164 valence electrons. The molecule has 1 fully saturated rings. The molecule has 4 rings (SSSR count). The number of carbonyl (C=O) groups excluding carboxylic acids is 1. The SMILES string of the molecule is CCCNc1nc2ccc(C)cn2c(=O)c1C=C1SC(=S)N(Cc2ccc(C)cc2)C1=O. The zero-order valence-electron chi connectivity index (χ0n) is 18.2. The van der Waals surface area contributed by atoms with Crippen LogP contribution >= 0.6 is 24.0 Å². The molecule has 3 heterocycles. The average Bonchev–Trinajstić information content (AvgIpc) is 3.03. The summed E-state index contributed by atoms with van der Waals surface area (Å²) in [6.07, 6.45) is 4.26. The van der Waals surface area contributed by atoms with E-state index < -0.39 is 0 Å². The average molecular weight is 465 g/mol. The van der Waals surface area contributed by atoms with E-state index in [1.807, 2.05) is 57.2 Å². The number of thioether (sulfide) groups is 1. The van der Waals surface area contributed by atoms with Gasteiger partial charge in [-0.1, -0.05) is 66.8 Å². The van der Waals surface area contributed by atoms with Gasteiger partial charge in [0.05, 0.1) is 17.0 Å². The van der Waals surface area contributed by atoms with E-state index in [1.54, 1.807) is 17.2 Å². The number of hydrogen-bond donors (Lipinski definition) is 1. The van der Waals surface area contributed by atoms with Gasteiger partial charge in [0.25, 0.3) is 11.5 Å². The van der Waals surface area contributed by atoms with Gasteiger partial charge in [-0.25, -0.2) is 4.98 Å². The maximum absolute atomic E-state index is 13.3. The molecule has 8 heteroatoms. The van der Waals surface area contributed by atoms with Crippen molar-refractivity contribution < 1.29 is 4.79 Å². The zero-order chi connectivity index (χ0) is 22.8. The van der Waals surface area contributed by atoms with Crippen molar-refractivity contribution in [2.24, 2.45) is 0 Å². The number of aromatic nitrogens is 2. The third kappa shape index (κ3) is 4.47. The monoisotopic (exact) mass is 464 g/mol. The molecule has 1 N–H and O–H groups in total. The summed E-state index contributed by atoms with van der Waals surface area (Å²) in [5, 5.41) is 3.23. The second-order valence-electron chi connectivity index (χ2n) is 7.79. The highest BCUT2D eigenvalue weighted by atomic mass is 32.2. The van der Waals surface area contributed by atoms with Gasteiger partial charge in [-0.3, -0.25) is 18.9 Å². The minimum absolute atomic E-state index is 0.198. The van der Waals surface area contributed by atoms with Crippen LogP contribution in [0.3, 0.4) is 0 Å². The summed E-state index contributed by atoms with van der Waals surface area (Å²) >= 11 is 6.69. The Balaban J connectivity index is 1.73. The Kier molecular flexibility index (Phi) is 6.43. The van der Waals surface area contributed by atoms with Crippen LogP contribution in [0.1, 0.15) is 35.6 Å². The van der Waals surface area contributed by atoms with Gasteiger partial charge in [0.2, 0.25) is 0 Å². The topological polar surface area (TPSA) is 66.7 Å². The molecule has 0 radical (unpaired) electrons. The molecule has 1 amide bonds. The van der Waals surface area contributed by atoms with E-state index in [0.717, 1.165) is 23.1 Å². The number of rotatable bonds is 6. The quantitative estimate of drug-likeness (QED) is 0.427. The van der Waals surface area contributed by atoms with Crippen LogP contribution in [0, 0.1) is 13.8 Å². The Morgan fingerprint density at radius 1 is 1.09 bits per heavy atom. The normalized spacial score (nSPS) is 15.2. The van der Waals surface area contributed by atoms with Gasteiger partial charge < -0.3 is 5.32 Å². The summed E-state index contributed by atoms with van der Waals surface area (Å²) in [7, 11) is 0. The summed E-state index contributed by atoms with van der Waals surface area (Å²) in [6.45, 7) is 7.06. The number of anilines is 1. The van der Waals surface area contributed by atoms with Crippen LogP contribution in [0.4, 0.5) is 5.82 Å². The molecule has 1 saturated heterocycles. The lowest BCUT2D eigenvalue weighted by molar-refractivity contribution is -0.122. The molecule has 2 aromatic heterocycles. The van der Waals surface area contributed by atoms with Crippen molar-refractivity contribution in [3.05, 3.63) is 80.1 Å². The van der Waals surface area contributed by atoms with Gasteiger partial charge in [-0.2, -0.15) is 0 Å². The number of nitrogens with one attached hydrogen (secondary N) is 1. The molecule has 1 aliphatic heterocycles. The van der Waals surface area contributed by atoms with Crippen LogP contribution in [0.5, 0.6) is 0 Å². The van der Waals surface area contributed by atoms with Crippen LogP contribution < -0.4 is 10.9 Å². The molecule has 1 aromatic carbocycles. The molecule has 6 nitrogen and oxygen atoms in total. The molecule has 0 saturated carbocycles. The fraction of sp³-hybridized carbons (Fsp3) is 0.250. The van der Waals surface area contributed by atoms with Crippen LogP contribution in [0.15, 0.2) is 52.3 Å². The van der Waals surface area contributed by atoms with Crippen molar-refractivity contribution >= 4 is 51.7 Å². The molecular formula is C24H24N4O2S2. The van der Waals surface area contributed by atoms with Crippen molar-refractivity contribution in [3.8, 4) is 0 Å². The Bertz CT molecular complexity index is 1300. The number of carbonyl (C=O) groups is 1. The van der Waals surface area contributed by atoms with Gasteiger partial charge in [-0.05, 0) is 43.5 Å². The van der Waals surface area contributed by atoms with Crippen LogP contribution in [0.2, 0.25) is 0 Å². The maximum Gasteiger partial charge on any atom is 0.267 e. The van der Waals surface area contributed by atoms with Crippen LogP contribution in [0.25, 0.3) is 11.7 Å². The second-order valence-corrected chi connectivity index (χ2v) is 9.47. The predicted molar refractivity (Wildman–Crippen MR) is 135 cm³/mol. The van der Waals surface area contributed by atoms with E-state index in [-0.39, 0.29) is 11.5 Å². The molecular weight excluding hydrogens is 440 g/mol. The highest BCUT2D eigenvalue weighted by molar-refractivity contribution is 8.26. The van der Waals surface area contributed by atoms with E-state index >= 15 is 0 Å². The minimum atomic E-state index is -0.221. The summed E-state index contributed by atoms with van der Waals surface area (Å²) in [5.41, 5.74) is 3.81. The number of hydrogen-bond acceptors (Lipinski definition) is 6. The number of fused-ring (bicyclic) bond motifs is 1. The standard InChI is InChI=1S/C24H24N4O2S2/c1-4-11-25-21-18(22(29)27-13-16(3)7-10-20(27)26-21)12-19-23(30)28(24(31)32-19)14-17-8-5-15(2)6-9-17/h5-10,12-13,25H,4,11,14H2,1-3H3. The fourth-order valence-electron chi connectivity index (χ4n) is 3.41. The molecule has 32 heavy (non-hydrogen) atoms. The van der Waals surface area contributed by atoms with Crippen molar-refractivity contribution in [1.82, 2.24) is 14.3 Å². The van der Waals surface area contributed by atoms with E-state index in [4.69, 9.17) is 12.2 Å². The first-order valence-electron chi connectivity index (χ1n) is 10.4. The number of pyridine rings is 1. The van der Waals surface area contributed by atoms with Gasteiger partial charge >= 0.3 is 0 Å². The lowest BCUT2D eigenvalue weighted by Crippen LogP contribution is -2.27. The third-order valence-electron chi connectivity index (χ3n) is 5.16. The smallest absolute Gasteiger partial charge is 0.267 e. The third-order valence-corrected chi connectivity index (χ3v) is 6.54. The summed E-state index contributed by atoms with van der Waals surface area (Å²) in [5.74, 6) is 0.278. The molecule has 0 unspecified atom stereocenters. The lowest BCUT2D eigenvalue weighted by atomic mass is 10.1. The lowest BCUT2D eigenvalue weighted by Gasteiger charge is -2.14. The zero-order valence-corrected chi connectivity index (χ0v) is 19.8. The van der Waals surface area contributed by atoms with Gasteiger partial charge in [0, 0.05) is 12.7 Å². The van der Waals surface area contributed by atoms with E-state index in [0.29, 0.717) is 39.3 Å². The van der Waals surface area contributed by atoms with E-state index in [2.05, 4.69) is 10.3 Å². The number of thiocarbonyl (C=S) groups is 1. The minimum Gasteiger partial charge on any atom is -0.369 e. The first kappa shape index (κ1) is 22.2. The number of benzene rings is 1. The Morgan fingerprint density at radius 3 is 2.53 bits per heavy atom. The van der Waals surface area contributed by atoms with E-state index in [9.17, 15) is 9.59 Å². The largest absolute Gasteiger partial charge is 0.369 e. The molecule has 3 aromatic rings. The fourth-order valence-corrected chi connectivity index (χ4v) is 4.65. The van der Waals surface area contributed by atoms with Crippen molar-refractivity contribution in [1.29, 1.82) is 0 Å². The summed E-state index contributed by atoms with van der Waals surface area (Å²) in [6, 6.07) is 11.7. The molecule has 0 bridgehead atoms. The summed E-state index contributed by atoms with van der Waals surface area (Å²) < 4.78 is 2.00. The Morgan fingerprint density at radius 2 is 1.81 bits per heavy atom. The number of amides is 1. The molecule has 1 aliphatic rings.